The van der Waals surface area contributed by atoms with Gasteiger partial charge in [-0.2, -0.15) is 5.10 Å². The molecule has 3 heterocycles. The van der Waals surface area contributed by atoms with Crippen molar-refractivity contribution >= 4 is 23.0 Å². The van der Waals surface area contributed by atoms with E-state index >= 15 is 0 Å². The zero-order chi connectivity index (χ0) is 20.7. The molecule has 1 fully saturated rings. The zero-order valence-corrected chi connectivity index (χ0v) is 17.1. The van der Waals surface area contributed by atoms with Crippen molar-refractivity contribution in [2.45, 2.75) is 38.6 Å². The number of fused-ring (bicyclic) bond motifs is 2. The monoisotopic (exact) mass is 399 g/mol. The van der Waals surface area contributed by atoms with Crippen molar-refractivity contribution in [1.29, 1.82) is 0 Å². The number of nitrogens with zero attached hydrogens (tertiary/aromatic N) is 3. The van der Waals surface area contributed by atoms with Gasteiger partial charge in [0.1, 0.15) is 11.3 Å². The molecule has 2 N–H and O–H groups in total. The maximum Gasteiger partial charge on any atom is 0.270 e. The van der Waals surface area contributed by atoms with Crippen molar-refractivity contribution in [1.82, 2.24) is 20.1 Å². The second-order valence-electron chi connectivity index (χ2n) is 8.23. The van der Waals surface area contributed by atoms with E-state index in [4.69, 9.17) is 0 Å². The van der Waals surface area contributed by atoms with E-state index in [9.17, 15) is 4.79 Å². The second kappa shape index (κ2) is 7.44. The summed E-state index contributed by atoms with van der Waals surface area (Å²) >= 11 is 0. The Kier molecular flexibility index (Phi) is 4.62. The molecule has 0 radical (unpaired) electrons. The van der Waals surface area contributed by atoms with E-state index < -0.39 is 0 Å². The molecule has 1 aromatic carbocycles. The molecule has 6 heteroatoms. The van der Waals surface area contributed by atoms with Gasteiger partial charge in [-0.05, 0) is 50.3 Å². The summed E-state index contributed by atoms with van der Waals surface area (Å²) in [5.41, 5.74) is 9.85. The number of aryl methyl sites for hydroxylation is 1. The largest absolute Gasteiger partial charge is 0.348 e. The smallest absolute Gasteiger partial charge is 0.270 e. The highest BCUT2D eigenvalue weighted by molar-refractivity contribution is 6.07. The molecule has 3 aromatic rings. The zero-order valence-electron chi connectivity index (χ0n) is 17.1. The standard InChI is InChI=1S/C24H25N5O/c1-15-11-12-29-21(14-25-22(29)13-15)24(30)26-18-9-7-17(8-10-18)23-20-6-4-3-5-19(20)16(2)27-28-23/h3-6,11-14,17-18,27H,2,7-10H2,1H3,(H,26,30). The lowest BCUT2D eigenvalue weighted by Gasteiger charge is -2.32. The normalized spacial score (nSPS) is 21.0. The summed E-state index contributed by atoms with van der Waals surface area (Å²) in [7, 11) is 0. The van der Waals surface area contributed by atoms with Crippen molar-refractivity contribution < 1.29 is 4.79 Å². The summed E-state index contributed by atoms with van der Waals surface area (Å²) in [5.74, 6) is 0.326. The maximum atomic E-state index is 12.8. The third-order valence-electron chi connectivity index (χ3n) is 6.19. The van der Waals surface area contributed by atoms with Crippen molar-refractivity contribution in [3.63, 3.8) is 0 Å². The average molecular weight is 399 g/mol. The third-order valence-corrected chi connectivity index (χ3v) is 6.19. The fourth-order valence-corrected chi connectivity index (χ4v) is 4.55. The topological polar surface area (TPSA) is 70.8 Å². The molecular weight excluding hydrogens is 374 g/mol. The first-order chi connectivity index (χ1) is 14.6. The van der Waals surface area contributed by atoms with Crippen LogP contribution in [0.25, 0.3) is 11.3 Å². The Hall–Kier alpha value is -3.41. The van der Waals surface area contributed by atoms with E-state index in [1.807, 2.05) is 35.7 Å². The molecule has 2 aromatic heterocycles. The van der Waals surface area contributed by atoms with Crippen LogP contribution in [-0.2, 0) is 0 Å². The van der Waals surface area contributed by atoms with Gasteiger partial charge in [0.2, 0.25) is 0 Å². The highest BCUT2D eigenvalue weighted by Gasteiger charge is 2.30. The summed E-state index contributed by atoms with van der Waals surface area (Å²) in [6.07, 6.45) is 7.44. The number of imidazole rings is 1. The van der Waals surface area contributed by atoms with Crippen LogP contribution >= 0.6 is 0 Å². The molecule has 30 heavy (non-hydrogen) atoms. The van der Waals surface area contributed by atoms with Gasteiger partial charge in [0.25, 0.3) is 5.91 Å². The van der Waals surface area contributed by atoms with Crippen LogP contribution in [0.3, 0.4) is 0 Å². The summed E-state index contributed by atoms with van der Waals surface area (Å²) in [4.78, 5) is 17.2. The first-order valence-electron chi connectivity index (χ1n) is 10.5. The summed E-state index contributed by atoms with van der Waals surface area (Å²) in [6.45, 7) is 6.08. The van der Waals surface area contributed by atoms with Crippen LogP contribution in [-0.4, -0.2) is 27.0 Å². The summed E-state index contributed by atoms with van der Waals surface area (Å²) in [6, 6.07) is 12.4. The molecular formula is C24H25N5O. The third kappa shape index (κ3) is 3.28. The van der Waals surface area contributed by atoms with Gasteiger partial charge in [-0.25, -0.2) is 4.98 Å². The number of rotatable bonds is 3. The van der Waals surface area contributed by atoms with Crippen molar-refractivity contribution in [2.24, 2.45) is 11.0 Å². The predicted molar refractivity (Wildman–Crippen MR) is 118 cm³/mol. The maximum absolute atomic E-state index is 12.8. The number of hydrogen-bond donors (Lipinski definition) is 2. The Morgan fingerprint density at radius 1 is 1.17 bits per heavy atom. The molecule has 0 unspecified atom stereocenters. The molecule has 1 aliphatic heterocycles. The molecule has 1 amide bonds. The molecule has 5 rings (SSSR count). The Bertz CT molecular complexity index is 1170. The van der Waals surface area contributed by atoms with E-state index in [1.165, 1.54) is 5.56 Å². The van der Waals surface area contributed by atoms with Gasteiger partial charge in [-0.1, -0.05) is 30.8 Å². The highest BCUT2D eigenvalue weighted by atomic mass is 16.2. The second-order valence-corrected chi connectivity index (χ2v) is 8.23. The number of benzene rings is 1. The lowest BCUT2D eigenvalue weighted by molar-refractivity contribution is 0.0919. The Morgan fingerprint density at radius 3 is 2.73 bits per heavy atom. The molecule has 2 aliphatic rings. The fourth-order valence-electron chi connectivity index (χ4n) is 4.55. The molecule has 1 saturated carbocycles. The molecule has 1 aliphatic carbocycles. The van der Waals surface area contributed by atoms with Crippen LogP contribution in [0.15, 0.2) is 60.5 Å². The molecule has 0 spiro atoms. The van der Waals surface area contributed by atoms with E-state index in [-0.39, 0.29) is 11.9 Å². The SMILES string of the molecule is C=C1NN=C(C2CCC(NC(=O)c3cnc4cc(C)ccn34)CC2)c2ccccc21. The lowest BCUT2D eigenvalue weighted by Crippen LogP contribution is -2.39. The number of carbonyl (C=O) groups is 1. The number of carbonyl (C=O) groups excluding carboxylic acids is 1. The van der Waals surface area contributed by atoms with Crippen LogP contribution in [0.2, 0.25) is 0 Å². The Labute approximate surface area is 175 Å². The average Bonchev–Trinajstić information content (AvgIpc) is 3.18. The minimum Gasteiger partial charge on any atom is -0.348 e. The van der Waals surface area contributed by atoms with Crippen LogP contribution in [0.5, 0.6) is 0 Å². The minimum atomic E-state index is -0.0619. The van der Waals surface area contributed by atoms with Crippen molar-refractivity contribution in [2.75, 3.05) is 0 Å². The van der Waals surface area contributed by atoms with Crippen LogP contribution in [0.4, 0.5) is 0 Å². The van der Waals surface area contributed by atoms with Gasteiger partial charge in [0.05, 0.1) is 17.6 Å². The summed E-state index contributed by atoms with van der Waals surface area (Å²) < 4.78 is 1.85. The first kappa shape index (κ1) is 18.6. The fraction of sp³-hybridized carbons (Fsp3) is 0.292. The van der Waals surface area contributed by atoms with Crippen LogP contribution < -0.4 is 10.7 Å². The van der Waals surface area contributed by atoms with E-state index in [0.29, 0.717) is 11.6 Å². The van der Waals surface area contributed by atoms with Gasteiger partial charge >= 0.3 is 0 Å². The molecule has 0 atom stereocenters. The van der Waals surface area contributed by atoms with Crippen LogP contribution in [0, 0.1) is 12.8 Å². The molecule has 0 saturated heterocycles. The van der Waals surface area contributed by atoms with E-state index in [0.717, 1.165) is 53.9 Å². The number of hydrogen-bond acceptors (Lipinski definition) is 4. The van der Waals surface area contributed by atoms with Gasteiger partial charge < -0.3 is 5.32 Å². The summed E-state index contributed by atoms with van der Waals surface area (Å²) in [5, 5.41) is 7.82. The van der Waals surface area contributed by atoms with E-state index in [2.05, 4.69) is 45.6 Å². The number of aromatic nitrogens is 2. The number of amides is 1. The van der Waals surface area contributed by atoms with Gasteiger partial charge in [0, 0.05) is 29.3 Å². The molecule has 0 bridgehead atoms. The number of nitrogens with one attached hydrogen (secondary N) is 2. The highest BCUT2D eigenvalue weighted by Crippen LogP contribution is 2.32. The van der Waals surface area contributed by atoms with Crippen LogP contribution in [0.1, 0.15) is 52.9 Å². The first-order valence-corrected chi connectivity index (χ1v) is 10.5. The Balaban J connectivity index is 1.25. The minimum absolute atomic E-state index is 0.0619. The van der Waals surface area contributed by atoms with Gasteiger partial charge in [-0.15, -0.1) is 0 Å². The van der Waals surface area contributed by atoms with Crippen molar-refractivity contribution in [3.8, 4) is 0 Å². The predicted octanol–water partition coefficient (Wildman–Crippen LogP) is 3.91. The number of hydrazone groups is 1. The number of pyridine rings is 1. The molecule has 152 valence electrons. The lowest BCUT2D eigenvalue weighted by atomic mass is 9.79. The van der Waals surface area contributed by atoms with E-state index in [1.54, 1.807) is 6.20 Å². The quantitative estimate of drug-likeness (QED) is 0.702. The van der Waals surface area contributed by atoms with Gasteiger partial charge in [0.15, 0.2) is 0 Å². The Morgan fingerprint density at radius 2 is 1.93 bits per heavy atom. The van der Waals surface area contributed by atoms with Crippen molar-refractivity contribution in [3.05, 3.63) is 77.8 Å². The molecule has 6 nitrogen and oxygen atoms in total. The van der Waals surface area contributed by atoms with Gasteiger partial charge in [-0.3, -0.25) is 14.6 Å².